The number of hydrogen-bond acceptors (Lipinski definition) is 0. The molecule has 0 aliphatic carbocycles. The molecular weight excluding hydrogens is 619 g/mol. The average Bonchev–Trinajstić information content (AvgIpc) is 3.84. The second kappa shape index (κ2) is 10.8. The van der Waals surface area contributed by atoms with Crippen molar-refractivity contribution in [3.63, 3.8) is 0 Å². The number of para-hydroxylation sites is 5. The highest BCUT2D eigenvalue weighted by atomic mass is 15.0. The first kappa shape index (κ1) is 28.0. The van der Waals surface area contributed by atoms with E-state index in [0.29, 0.717) is 0 Å². The van der Waals surface area contributed by atoms with Gasteiger partial charge in [-0.05, 0) is 60.2 Å². The molecular formula is C48H31N3. The Balaban J connectivity index is 1.24. The van der Waals surface area contributed by atoms with Crippen molar-refractivity contribution in [3.05, 3.63) is 188 Å². The van der Waals surface area contributed by atoms with Crippen molar-refractivity contribution in [2.24, 2.45) is 0 Å². The van der Waals surface area contributed by atoms with Gasteiger partial charge in [0.1, 0.15) is 0 Å². The number of rotatable bonds is 4. The van der Waals surface area contributed by atoms with Gasteiger partial charge < -0.3 is 13.7 Å². The fourth-order valence-corrected chi connectivity index (χ4v) is 8.53. The van der Waals surface area contributed by atoms with Crippen molar-refractivity contribution < 1.29 is 0 Å². The van der Waals surface area contributed by atoms with Crippen molar-refractivity contribution in [3.8, 4) is 28.2 Å². The molecule has 51 heavy (non-hydrogen) atoms. The lowest BCUT2D eigenvalue weighted by Gasteiger charge is -2.15. The van der Waals surface area contributed by atoms with Gasteiger partial charge in [0.05, 0.1) is 44.5 Å². The molecule has 0 bridgehead atoms. The predicted octanol–water partition coefficient (Wildman–Crippen LogP) is 12.6. The van der Waals surface area contributed by atoms with E-state index in [1.807, 2.05) is 0 Å². The number of benzene rings is 8. The molecule has 0 spiro atoms. The van der Waals surface area contributed by atoms with Gasteiger partial charge in [-0.1, -0.05) is 133 Å². The summed E-state index contributed by atoms with van der Waals surface area (Å²) in [5, 5.41) is 7.49. The molecule has 0 radical (unpaired) electrons. The van der Waals surface area contributed by atoms with Crippen LogP contribution in [0.15, 0.2) is 188 Å². The van der Waals surface area contributed by atoms with E-state index in [4.69, 9.17) is 0 Å². The fraction of sp³-hybridized carbons (Fsp3) is 0. The standard InChI is InChI=1S/C48H31N3/c1-2-15-32(16-3-1)34-17-4-9-22-40(34)50-44-26-13-8-21-39(44)48-45(50)27-14-28-46(48)51-43-25-12-7-20-37(43)38-30-29-33(31-47(38)51)49-41-23-10-5-18-35(41)36-19-6-11-24-42(36)49/h1-31H. The van der Waals surface area contributed by atoms with Gasteiger partial charge in [0.15, 0.2) is 0 Å². The summed E-state index contributed by atoms with van der Waals surface area (Å²) < 4.78 is 7.36. The van der Waals surface area contributed by atoms with Crippen LogP contribution in [0.5, 0.6) is 0 Å². The Bertz CT molecular complexity index is 3080. The Kier molecular flexibility index (Phi) is 5.96. The summed E-state index contributed by atoms with van der Waals surface area (Å²) in [4.78, 5) is 0. The van der Waals surface area contributed by atoms with Crippen molar-refractivity contribution in [1.29, 1.82) is 0 Å². The van der Waals surface area contributed by atoms with Gasteiger partial charge >= 0.3 is 0 Å². The first-order chi connectivity index (χ1) is 25.3. The van der Waals surface area contributed by atoms with Crippen molar-refractivity contribution >= 4 is 65.4 Å². The van der Waals surface area contributed by atoms with Crippen LogP contribution >= 0.6 is 0 Å². The summed E-state index contributed by atoms with van der Waals surface area (Å²) in [5.74, 6) is 0. The van der Waals surface area contributed by atoms with Crippen LogP contribution in [0.1, 0.15) is 0 Å². The molecule has 0 unspecified atom stereocenters. The predicted molar refractivity (Wildman–Crippen MR) is 215 cm³/mol. The fourth-order valence-electron chi connectivity index (χ4n) is 8.53. The number of hydrogen-bond donors (Lipinski definition) is 0. The molecule has 0 saturated carbocycles. The summed E-state index contributed by atoms with van der Waals surface area (Å²) in [6.07, 6.45) is 0. The van der Waals surface area contributed by atoms with Crippen molar-refractivity contribution in [1.82, 2.24) is 13.7 Å². The van der Waals surface area contributed by atoms with Gasteiger partial charge in [0, 0.05) is 43.6 Å². The summed E-state index contributed by atoms with van der Waals surface area (Å²) in [6, 6.07) is 68.4. The van der Waals surface area contributed by atoms with Crippen LogP contribution in [0.3, 0.4) is 0 Å². The summed E-state index contributed by atoms with van der Waals surface area (Å²) in [5.41, 5.74) is 13.1. The van der Waals surface area contributed by atoms with E-state index >= 15 is 0 Å². The molecule has 3 aromatic heterocycles. The maximum absolute atomic E-state index is 2.49. The number of nitrogens with zero attached hydrogens (tertiary/aromatic N) is 3. The topological polar surface area (TPSA) is 14.8 Å². The van der Waals surface area contributed by atoms with Crippen LogP contribution in [0.4, 0.5) is 0 Å². The van der Waals surface area contributed by atoms with E-state index in [1.54, 1.807) is 0 Å². The van der Waals surface area contributed by atoms with E-state index < -0.39 is 0 Å². The third-order valence-electron chi connectivity index (χ3n) is 10.6. The van der Waals surface area contributed by atoms with E-state index in [0.717, 1.165) is 5.69 Å². The van der Waals surface area contributed by atoms with Gasteiger partial charge in [-0.2, -0.15) is 0 Å². The summed E-state index contributed by atoms with van der Waals surface area (Å²) >= 11 is 0. The Hall–Kier alpha value is -6.84. The lowest BCUT2D eigenvalue weighted by Crippen LogP contribution is -1.99. The Labute approximate surface area is 294 Å². The highest BCUT2D eigenvalue weighted by Crippen LogP contribution is 2.42. The highest BCUT2D eigenvalue weighted by molar-refractivity contribution is 6.17. The summed E-state index contributed by atoms with van der Waals surface area (Å²) in [7, 11) is 0. The molecule has 3 heterocycles. The molecule has 11 aromatic rings. The van der Waals surface area contributed by atoms with Gasteiger partial charge in [-0.15, -0.1) is 0 Å². The third-order valence-corrected chi connectivity index (χ3v) is 10.6. The molecule has 238 valence electrons. The molecule has 3 heteroatoms. The normalized spacial score (nSPS) is 11.9. The van der Waals surface area contributed by atoms with Gasteiger partial charge in [-0.3, -0.25) is 0 Å². The summed E-state index contributed by atoms with van der Waals surface area (Å²) in [6.45, 7) is 0. The lowest BCUT2D eigenvalue weighted by atomic mass is 10.0. The lowest BCUT2D eigenvalue weighted by molar-refractivity contribution is 1.16. The zero-order valence-corrected chi connectivity index (χ0v) is 27.7. The molecule has 0 saturated heterocycles. The van der Waals surface area contributed by atoms with Crippen LogP contribution in [0, 0.1) is 0 Å². The minimum atomic E-state index is 1.15. The van der Waals surface area contributed by atoms with E-state index in [2.05, 4.69) is 202 Å². The van der Waals surface area contributed by atoms with Crippen LogP contribution in [-0.4, -0.2) is 13.7 Å². The van der Waals surface area contributed by atoms with Crippen LogP contribution in [0.2, 0.25) is 0 Å². The zero-order chi connectivity index (χ0) is 33.5. The molecule has 0 fully saturated rings. The second-order valence-corrected chi connectivity index (χ2v) is 13.3. The van der Waals surface area contributed by atoms with Crippen LogP contribution in [0.25, 0.3) is 93.6 Å². The van der Waals surface area contributed by atoms with E-state index in [1.165, 1.54) is 87.9 Å². The molecule has 0 N–H and O–H groups in total. The van der Waals surface area contributed by atoms with Gasteiger partial charge in [0.2, 0.25) is 0 Å². The minimum Gasteiger partial charge on any atom is -0.309 e. The molecule has 0 aliphatic rings. The quantitative estimate of drug-likeness (QED) is 0.180. The number of fused-ring (bicyclic) bond motifs is 9. The monoisotopic (exact) mass is 649 g/mol. The largest absolute Gasteiger partial charge is 0.309 e. The Morgan fingerprint density at radius 2 is 0.745 bits per heavy atom. The van der Waals surface area contributed by atoms with Gasteiger partial charge in [-0.25, -0.2) is 0 Å². The first-order valence-corrected chi connectivity index (χ1v) is 17.5. The van der Waals surface area contributed by atoms with Crippen molar-refractivity contribution in [2.75, 3.05) is 0 Å². The molecule has 8 aromatic carbocycles. The van der Waals surface area contributed by atoms with E-state index in [9.17, 15) is 0 Å². The SMILES string of the molecule is c1ccc(-c2ccccc2-n2c3ccccc3c3c(-n4c5ccccc5c5ccc(-n6c7ccccc7c7ccccc76)cc54)cccc32)cc1. The average molecular weight is 650 g/mol. The Morgan fingerprint density at radius 3 is 1.43 bits per heavy atom. The van der Waals surface area contributed by atoms with E-state index in [-0.39, 0.29) is 0 Å². The van der Waals surface area contributed by atoms with Crippen LogP contribution < -0.4 is 0 Å². The molecule has 0 atom stereocenters. The smallest absolute Gasteiger partial charge is 0.0562 e. The van der Waals surface area contributed by atoms with Gasteiger partial charge in [0.25, 0.3) is 0 Å². The third kappa shape index (κ3) is 4.00. The highest BCUT2D eigenvalue weighted by Gasteiger charge is 2.21. The minimum absolute atomic E-state index is 1.15. The maximum Gasteiger partial charge on any atom is 0.0562 e. The molecule has 3 nitrogen and oxygen atoms in total. The molecule has 0 aliphatic heterocycles. The molecule has 11 rings (SSSR count). The second-order valence-electron chi connectivity index (χ2n) is 13.3. The zero-order valence-electron chi connectivity index (χ0n) is 27.7. The maximum atomic E-state index is 2.49. The van der Waals surface area contributed by atoms with Crippen molar-refractivity contribution in [2.45, 2.75) is 0 Å². The van der Waals surface area contributed by atoms with Crippen LogP contribution in [-0.2, 0) is 0 Å². The molecule has 0 amide bonds. The Morgan fingerprint density at radius 1 is 0.275 bits per heavy atom. The first-order valence-electron chi connectivity index (χ1n) is 17.5. The number of aromatic nitrogens is 3.